The second kappa shape index (κ2) is 5.69. The highest BCUT2D eigenvalue weighted by Crippen LogP contribution is 2.23. The van der Waals surface area contributed by atoms with Gasteiger partial charge in [-0.05, 0) is 31.9 Å². The normalized spacial score (nSPS) is 22.1. The Morgan fingerprint density at radius 1 is 1.43 bits per heavy atom. The molecule has 1 aromatic carbocycles. The first-order valence-corrected chi connectivity index (χ1v) is 7.14. The monoisotopic (exact) mass is 286 g/mol. The van der Waals surface area contributed by atoms with Crippen LogP contribution in [0.25, 0.3) is 10.9 Å². The molecule has 0 saturated carbocycles. The van der Waals surface area contributed by atoms with Gasteiger partial charge in [-0.3, -0.25) is 0 Å². The number of benzene rings is 1. The SMILES string of the molecule is CC1CC(Nc2cc(C(=O)O)c3ccccc3n2)CCO1. The minimum absolute atomic E-state index is 0.218. The topological polar surface area (TPSA) is 71.5 Å². The van der Waals surface area contributed by atoms with Crippen LogP contribution >= 0.6 is 0 Å². The molecule has 2 heterocycles. The summed E-state index contributed by atoms with van der Waals surface area (Å²) in [4.78, 5) is 16.0. The van der Waals surface area contributed by atoms with Gasteiger partial charge in [0, 0.05) is 18.0 Å². The van der Waals surface area contributed by atoms with Gasteiger partial charge >= 0.3 is 5.97 Å². The number of anilines is 1. The molecule has 5 nitrogen and oxygen atoms in total. The van der Waals surface area contributed by atoms with Gasteiger partial charge in [0.1, 0.15) is 5.82 Å². The number of pyridine rings is 1. The number of nitrogens with one attached hydrogen (secondary N) is 1. The molecule has 0 radical (unpaired) electrons. The molecule has 0 amide bonds. The van der Waals surface area contributed by atoms with E-state index in [1.165, 1.54) is 0 Å². The van der Waals surface area contributed by atoms with Crippen molar-refractivity contribution in [3.05, 3.63) is 35.9 Å². The Balaban J connectivity index is 1.93. The van der Waals surface area contributed by atoms with Gasteiger partial charge in [-0.2, -0.15) is 0 Å². The van der Waals surface area contributed by atoms with Crippen molar-refractivity contribution in [2.45, 2.75) is 31.9 Å². The molecule has 2 N–H and O–H groups in total. The zero-order chi connectivity index (χ0) is 14.8. The molecule has 21 heavy (non-hydrogen) atoms. The summed E-state index contributed by atoms with van der Waals surface area (Å²) in [5.74, 6) is -0.317. The number of fused-ring (bicyclic) bond motifs is 1. The highest BCUT2D eigenvalue weighted by Gasteiger charge is 2.20. The lowest BCUT2D eigenvalue weighted by atomic mass is 10.0. The van der Waals surface area contributed by atoms with E-state index in [-0.39, 0.29) is 17.7 Å². The number of rotatable bonds is 3. The van der Waals surface area contributed by atoms with Crippen LogP contribution in [0.5, 0.6) is 0 Å². The third-order valence-corrected chi connectivity index (χ3v) is 3.78. The predicted molar refractivity (Wildman–Crippen MR) is 80.8 cm³/mol. The summed E-state index contributed by atoms with van der Waals surface area (Å²) in [7, 11) is 0. The summed E-state index contributed by atoms with van der Waals surface area (Å²) in [5, 5.41) is 13.4. The first-order valence-electron chi connectivity index (χ1n) is 7.14. The number of carboxylic acids is 1. The standard InChI is InChI=1S/C16H18N2O3/c1-10-8-11(6-7-21-10)17-15-9-13(16(19)20)12-4-2-3-5-14(12)18-15/h2-5,9-11H,6-8H2,1H3,(H,17,18)(H,19,20). The van der Waals surface area contributed by atoms with E-state index in [1.807, 2.05) is 25.1 Å². The average molecular weight is 286 g/mol. The van der Waals surface area contributed by atoms with Gasteiger partial charge in [0.2, 0.25) is 0 Å². The van der Waals surface area contributed by atoms with E-state index >= 15 is 0 Å². The molecule has 5 heteroatoms. The summed E-state index contributed by atoms with van der Waals surface area (Å²) in [6.07, 6.45) is 2.02. The second-order valence-electron chi connectivity index (χ2n) is 5.42. The van der Waals surface area contributed by atoms with Crippen molar-refractivity contribution in [1.29, 1.82) is 0 Å². The summed E-state index contributed by atoms with van der Waals surface area (Å²) < 4.78 is 5.52. The van der Waals surface area contributed by atoms with Crippen LogP contribution in [0.3, 0.4) is 0 Å². The fraction of sp³-hybridized carbons (Fsp3) is 0.375. The number of para-hydroxylation sites is 1. The molecule has 3 rings (SSSR count). The maximum absolute atomic E-state index is 11.4. The van der Waals surface area contributed by atoms with Crippen molar-refractivity contribution in [3.8, 4) is 0 Å². The van der Waals surface area contributed by atoms with Gasteiger partial charge in [-0.15, -0.1) is 0 Å². The van der Waals surface area contributed by atoms with E-state index in [1.54, 1.807) is 12.1 Å². The van der Waals surface area contributed by atoms with Gasteiger partial charge in [-0.25, -0.2) is 9.78 Å². The third-order valence-electron chi connectivity index (χ3n) is 3.78. The average Bonchev–Trinajstić information content (AvgIpc) is 2.46. The van der Waals surface area contributed by atoms with Crippen LogP contribution in [-0.4, -0.2) is 34.8 Å². The Bertz CT molecular complexity index is 672. The molecule has 0 spiro atoms. The van der Waals surface area contributed by atoms with Crippen LogP contribution in [0.2, 0.25) is 0 Å². The zero-order valence-corrected chi connectivity index (χ0v) is 11.9. The van der Waals surface area contributed by atoms with Crippen LogP contribution in [0.15, 0.2) is 30.3 Å². The van der Waals surface area contributed by atoms with Gasteiger partial charge in [0.05, 0.1) is 17.2 Å². The highest BCUT2D eigenvalue weighted by atomic mass is 16.5. The molecule has 2 unspecified atom stereocenters. The summed E-state index contributed by atoms with van der Waals surface area (Å²) in [5.41, 5.74) is 0.975. The Hall–Kier alpha value is -2.14. The maximum atomic E-state index is 11.4. The van der Waals surface area contributed by atoms with Crippen LogP contribution in [0.4, 0.5) is 5.82 Å². The van der Waals surface area contributed by atoms with Crippen LogP contribution in [0.1, 0.15) is 30.1 Å². The van der Waals surface area contributed by atoms with Crippen molar-refractivity contribution in [2.24, 2.45) is 0 Å². The zero-order valence-electron chi connectivity index (χ0n) is 11.9. The summed E-state index contributed by atoms with van der Waals surface area (Å²) in [6.45, 7) is 2.77. The molecule has 0 aliphatic carbocycles. The predicted octanol–water partition coefficient (Wildman–Crippen LogP) is 2.91. The summed E-state index contributed by atoms with van der Waals surface area (Å²) in [6, 6.07) is 9.19. The molecule has 1 aromatic heterocycles. The maximum Gasteiger partial charge on any atom is 0.336 e. The number of hydrogen-bond donors (Lipinski definition) is 2. The number of carboxylic acid groups (broad SMARTS) is 1. The van der Waals surface area contributed by atoms with E-state index in [4.69, 9.17) is 4.74 Å². The molecular formula is C16H18N2O3. The number of carbonyl (C=O) groups is 1. The van der Waals surface area contributed by atoms with Gasteiger partial charge in [0.15, 0.2) is 0 Å². The van der Waals surface area contributed by atoms with Crippen molar-refractivity contribution in [2.75, 3.05) is 11.9 Å². The molecule has 1 aliphatic rings. The molecule has 1 saturated heterocycles. The van der Waals surface area contributed by atoms with Crippen molar-refractivity contribution < 1.29 is 14.6 Å². The van der Waals surface area contributed by atoms with Gasteiger partial charge in [0.25, 0.3) is 0 Å². The minimum atomic E-state index is -0.933. The molecule has 2 atom stereocenters. The largest absolute Gasteiger partial charge is 0.478 e. The van der Waals surface area contributed by atoms with Crippen molar-refractivity contribution >= 4 is 22.7 Å². The fourth-order valence-electron chi connectivity index (χ4n) is 2.76. The van der Waals surface area contributed by atoms with Gasteiger partial charge in [-0.1, -0.05) is 18.2 Å². The number of ether oxygens (including phenoxy) is 1. The first-order chi connectivity index (χ1) is 10.1. The fourth-order valence-corrected chi connectivity index (χ4v) is 2.76. The van der Waals surface area contributed by atoms with Crippen molar-refractivity contribution in [3.63, 3.8) is 0 Å². The Morgan fingerprint density at radius 3 is 3.00 bits per heavy atom. The smallest absolute Gasteiger partial charge is 0.336 e. The second-order valence-corrected chi connectivity index (χ2v) is 5.42. The highest BCUT2D eigenvalue weighted by molar-refractivity contribution is 6.03. The minimum Gasteiger partial charge on any atom is -0.478 e. The molecule has 110 valence electrons. The molecular weight excluding hydrogens is 268 g/mol. The molecule has 0 bridgehead atoms. The molecule has 2 aromatic rings. The van der Waals surface area contributed by atoms with E-state index < -0.39 is 5.97 Å². The molecule has 1 aliphatic heterocycles. The molecule has 1 fully saturated rings. The number of aromatic nitrogens is 1. The number of aromatic carboxylic acids is 1. The van der Waals surface area contributed by atoms with Gasteiger partial charge < -0.3 is 15.2 Å². The number of nitrogens with zero attached hydrogens (tertiary/aromatic N) is 1. The van der Waals surface area contributed by atoms with E-state index in [0.29, 0.717) is 16.7 Å². The first kappa shape index (κ1) is 13.8. The number of hydrogen-bond acceptors (Lipinski definition) is 4. The third kappa shape index (κ3) is 2.97. The van der Waals surface area contributed by atoms with Crippen molar-refractivity contribution in [1.82, 2.24) is 4.98 Å². The van der Waals surface area contributed by atoms with Crippen LogP contribution < -0.4 is 5.32 Å². The Morgan fingerprint density at radius 2 is 2.24 bits per heavy atom. The lowest BCUT2D eigenvalue weighted by molar-refractivity contribution is 0.0231. The van der Waals surface area contributed by atoms with E-state index in [0.717, 1.165) is 19.4 Å². The Labute approximate surface area is 123 Å². The van der Waals surface area contributed by atoms with E-state index in [9.17, 15) is 9.90 Å². The van der Waals surface area contributed by atoms with Crippen LogP contribution in [-0.2, 0) is 4.74 Å². The quantitative estimate of drug-likeness (QED) is 0.907. The lowest BCUT2D eigenvalue weighted by Crippen LogP contribution is -2.32. The van der Waals surface area contributed by atoms with Crippen LogP contribution in [0, 0.1) is 0 Å². The lowest BCUT2D eigenvalue weighted by Gasteiger charge is -2.28. The summed E-state index contributed by atoms with van der Waals surface area (Å²) >= 11 is 0. The Kier molecular flexibility index (Phi) is 3.75. The van der Waals surface area contributed by atoms with E-state index in [2.05, 4.69) is 10.3 Å².